The van der Waals surface area contributed by atoms with Crippen molar-refractivity contribution in [2.24, 2.45) is 0 Å². The van der Waals surface area contributed by atoms with Crippen molar-refractivity contribution in [3.8, 4) is 5.75 Å². The van der Waals surface area contributed by atoms with Gasteiger partial charge < -0.3 is 15.0 Å². The summed E-state index contributed by atoms with van der Waals surface area (Å²) in [5.74, 6) is 0.138. The number of rotatable bonds is 10. The average molecular weight is 451 g/mol. The summed E-state index contributed by atoms with van der Waals surface area (Å²) in [4.78, 5) is 28.0. The fourth-order valence-electron chi connectivity index (χ4n) is 3.38. The molecule has 0 saturated heterocycles. The number of carbonyl (C=O) groups excluding carboxylic acids is 2. The van der Waals surface area contributed by atoms with Crippen LogP contribution >= 0.6 is 11.6 Å². The van der Waals surface area contributed by atoms with Gasteiger partial charge in [-0.15, -0.1) is 0 Å². The third kappa shape index (κ3) is 6.86. The molecule has 3 aromatic rings. The van der Waals surface area contributed by atoms with E-state index in [0.717, 1.165) is 11.1 Å². The van der Waals surface area contributed by atoms with Crippen molar-refractivity contribution in [1.82, 2.24) is 10.2 Å². The lowest BCUT2D eigenvalue weighted by Crippen LogP contribution is -2.51. The Kier molecular flexibility index (Phi) is 8.70. The van der Waals surface area contributed by atoms with E-state index in [4.69, 9.17) is 16.3 Å². The van der Waals surface area contributed by atoms with E-state index < -0.39 is 6.04 Å². The molecular weight excluding hydrogens is 424 g/mol. The molecule has 0 radical (unpaired) electrons. The van der Waals surface area contributed by atoms with Crippen LogP contribution in [0.5, 0.6) is 5.75 Å². The number of likely N-dealkylation sites (N-methyl/N-ethyl adjacent to an activating group) is 1. The zero-order valence-corrected chi connectivity index (χ0v) is 18.8. The number of nitrogens with one attached hydrogen (secondary N) is 1. The van der Waals surface area contributed by atoms with Gasteiger partial charge in [0.2, 0.25) is 5.91 Å². The molecule has 0 aliphatic heterocycles. The smallest absolute Gasteiger partial charge is 0.261 e. The van der Waals surface area contributed by atoms with Gasteiger partial charge in [-0.25, -0.2) is 0 Å². The Balaban J connectivity index is 1.87. The first-order chi connectivity index (χ1) is 15.6. The molecule has 3 aromatic carbocycles. The van der Waals surface area contributed by atoms with Crippen LogP contribution in [0.25, 0.3) is 0 Å². The van der Waals surface area contributed by atoms with E-state index in [2.05, 4.69) is 5.32 Å². The van der Waals surface area contributed by atoms with Crippen LogP contribution in [0.4, 0.5) is 0 Å². The molecule has 0 aliphatic carbocycles. The van der Waals surface area contributed by atoms with Gasteiger partial charge in [-0.3, -0.25) is 9.59 Å². The maximum atomic E-state index is 13.3. The molecule has 0 heterocycles. The van der Waals surface area contributed by atoms with E-state index in [-0.39, 0.29) is 25.0 Å². The van der Waals surface area contributed by atoms with Crippen LogP contribution in [0.3, 0.4) is 0 Å². The van der Waals surface area contributed by atoms with E-state index in [9.17, 15) is 9.59 Å². The molecule has 1 atom stereocenters. The Morgan fingerprint density at radius 2 is 1.53 bits per heavy atom. The number of hydrogen-bond acceptors (Lipinski definition) is 3. The summed E-state index contributed by atoms with van der Waals surface area (Å²) < 4.78 is 5.70. The standard InChI is InChI=1S/C26H27ClN2O3/c1-2-28-26(31)24(17-20-9-5-3-6-10-20)29(18-21-13-15-22(27)16-14-21)25(30)19-32-23-11-7-4-8-12-23/h3-16,24H,2,17-19H2,1H3,(H,28,31)/t24-/m0/s1. The van der Waals surface area contributed by atoms with Crippen LogP contribution in [0.2, 0.25) is 5.02 Å². The van der Waals surface area contributed by atoms with E-state index in [1.807, 2.05) is 67.6 Å². The Hall–Kier alpha value is -3.31. The quantitative estimate of drug-likeness (QED) is 0.495. The molecule has 0 saturated carbocycles. The topological polar surface area (TPSA) is 58.6 Å². The van der Waals surface area contributed by atoms with Crippen molar-refractivity contribution in [1.29, 1.82) is 0 Å². The Morgan fingerprint density at radius 1 is 0.906 bits per heavy atom. The van der Waals surface area contributed by atoms with Crippen LogP contribution in [0.1, 0.15) is 18.1 Å². The normalized spacial score (nSPS) is 11.4. The molecule has 166 valence electrons. The first kappa shape index (κ1) is 23.4. The molecular formula is C26H27ClN2O3. The van der Waals surface area contributed by atoms with Crippen molar-refractivity contribution in [2.75, 3.05) is 13.2 Å². The molecule has 0 fully saturated rings. The third-order valence-corrected chi connectivity index (χ3v) is 5.25. The highest BCUT2D eigenvalue weighted by Crippen LogP contribution is 2.17. The highest BCUT2D eigenvalue weighted by atomic mass is 35.5. The van der Waals surface area contributed by atoms with Crippen LogP contribution in [0, 0.1) is 0 Å². The molecule has 6 heteroatoms. The summed E-state index contributed by atoms with van der Waals surface area (Å²) in [5, 5.41) is 3.49. The largest absolute Gasteiger partial charge is 0.484 e. The zero-order valence-electron chi connectivity index (χ0n) is 18.0. The van der Waals surface area contributed by atoms with Gasteiger partial charge in [-0.1, -0.05) is 72.3 Å². The SMILES string of the molecule is CCNC(=O)[C@H](Cc1ccccc1)N(Cc1ccc(Cl)cc1)C(=O)COc1ccccc1. The Labute approximate surface area is 194 Å². The third-order valence-electron chi connectivity index (χ3n) is 4.99. The fourth-order valence-corrected chi connectivity index (χ4v) is 3.50. The highest BCUT2D eigenvalue weighted by molar-refractivity contribution is 6.30. The lowest BCUT2D eigenvalue weighted by atomic mass is 10.0. The number of halogens is 1. The molecule has 1 N–H and O–H groups in total. The number of ether oxygens (including phenoxy) is 1. The van der Waals surface area contributed by atoms with E-state index in [1.165, 1.54) is 0 Å². The zero-order chi connectivity index (χ0) is 22.8. The molecule has 0 aliphatic rings. The lowest BCUT2D eigenvalue weighted by molar-refractivity contribution is -0.142. The predicted octanol–water partition coefficient (Wildman–Crippen LogP) is 4.50. The molecule has 2 amide bonds. The minimum atomic E-state index is -0.681. The van der Waals surface area contributed by atoms with Gasteiger partial charge in [0.25, 0.3) is 5.91 Å². The summed E-state index contributed by atoms with van der Waals surface area (Å²) in [6.45, 7) is 2.44. The monoisotopic (exact) mass is 450 g/mol. The maximum absolute atomic E-state index is 13.3. The van der Waals surface area contributed by atoms with E-state index >= 15 is 0 Å². The maximum Gasteiger partial charge on any atom is 0.261 e. The molecule has 0 spiro atoms. The number of carbonyl (C=O) groups is 2. The second kappa shape index (κ2) is 11.9. The second-order valence-electron chi connectivity index (χ2n) is 7.35. The highest BCUT2D eigenvalue weighted by Gasteiger charge is 2.30. The van der Waals surface area contributed by atoms with Gasteiger partial charge in [0, 0.05) is 24.5 Å². The van der Waals surface area contributed by atoms with Crippen molar-refractivity contribution in [3.63, 3.8) is 0 Å². The average Bonchev–Trinajstić information content (AvgIpc) is 2.82. The van der Waals surface area contributed by atoms with Crippen molar-refractivity contribution < 1.29 is 14.3 Å². The van der Waals surface area contributed by atoms with Crippen molar-refractivity contribution in [3.05, 3.63) is 101 Å². The molecule has 0 unspecified atom stereocenters. The molecule has 3 rings (SSSR count). The van der Waals surface area contributed by atoms with Gasteiger partial charge >= 0.3 is 0 Å². The number of para-hydroxylation sites is 1. The van der Waals surface area contributed by atoms with Crippen LogP contribution in [-0.4, -0.2) is 35.9 Å². The van der Waals surface area contributed by atoms with Crippen LogP contribution in [-0.2, 0) is 22.6 Å². The van der Waals surface area contributed by atoms with Gasteiger partial charge in [0.15, 0.2) is 6.61 Å². The lowest BCUT2D eigenvalue weighted by Gasteiger charge is -2.31. The number of hydrogen-bond donors (Lipinski definition) is 1. The van der Waals surface area contributed by atoms with Crippen LogP contribution in [0.15, 0.2) is 84.9 Å². The molecule has 0 bridgehead atoms. The number of nitrogens with zero attached hydrogens (tertiary/aromatic N) is 1. The van der Waals surface area contributed by atoms with Crippen LogP contribution < -0.4 is 10.1 Å². The van der Waals surface area contributed by atoms with Gasteiger partial charge in [0.05, 0.1) is 0 Å². The van der Waals surface area contributed by atoms with E-state index in [0.29, 0.717) is 23.7 Å². The van der Waals surface area contributed by atoms with E-state index in [1.54, 1.807) is 29.2 Å². The first-order valence-corrected chi connectivity index (χ1v) is 11.0. The summed E-state index contributed by atoms with van der Waals surface area (Å²) in [6.07, 6.45) is 0.400. The van der Waals surface area contributed by atoms with Gasteiger partial charge in [0.1, 0.15) is 11.8 Å². The molecule has 5 nitrogen and oxygen atoms in total. The minimum Gasteiger partial charge on any atom is -0.484 e. The van der Waals surface area contributed by atoms with Gasteiger partial charge in [-0.2, -0.15) is 0 Å². The number of benzene rings is 3. The predicted molar refractivity (Wildman–Crippen MR) is 127 cm³/mol. The Bertz CT molecular complexity index is 995. The summed E-state index contributed by atoms with van der Waals surface area (Å²) >= 11 is 6.03. The molecule has 0 aromatic heterocycles. The summed E-state index contributed by atoms with van der Waals surface area (Å²) in [6, 6.07) is 25.4. The molecule has 32 heavy (non-hydrogen) atoms. The summed E-state index contributed by atoms with van der Waals surface area (Å²) in [7, 11) is 0. The summed E-state index contributed by atoms with van der Waals surface area (Å²) in [5.41, 5.74) is 1.85. The second-order valence-corrected chi connectivity index (χ2v) is 7.79. The first-order valence-electron chi connectivity index (χ1n) is 10.6. The Morgan fingerprint density at radius 3 is 2.16 bits per heavy atom. The minimum absolute atomic E-state index is 0.164. The van der Waals surface area contributed by atoms with Gasteiger partial charge in [-0.05, 0) is 42.3 Å². The van der Waals surface area contributed by atoms with Crippen molar-refractivity contribution >= 4 is 23.4 Å². The number of amides is 2. The fraction of sp³-hybridized carbons (Fsp3) is 0.231. The van der Waals surface area contributed by atoms with Crippen molar-refractivity contribution in [2.45, 2.75) is 25.9 Å².